The highest BCUT2D eigenvalue weighted by Crippen LogP contribution is 2.37. The Hall–Kier alpha value is -3.56. The predicted molar refractivity (Wildman–Crippen MR) is 163 cm³/mol. The van der Waals surface area contributed by atoms with Crippen LogP contribution in [0.3, 0.4) is 0 Å². The summed E-state index contributed by atoms with van der Waals surface area (Å²) in [5.74, 6) is 1.71. The van der Waals surface area contributed by atoms with Gasteiger partial charge in [0, 0.05) is 52.1 Å². The first-order chi connectivity index (χ1) is 20.5. The van der Waals surface area contributed by atoms with E-state index in [9.17, 15) is 5.11 Å². The SMILES string of the molecule is COc1nc(OCc2cccc(-c3cccc(COc4ccc(CN5CCCC5)c(OC)n4)c3Cl)c2Cl)ccc1CO. The van der Waals surface area contributed by atoms with Crippen molar-refractivity contribution in [2.45, 2.75) is 39.2 Å². The van der Waals surface area contributed by atoms with Crippen molar-refractivity contribution >= 4 is 23.2 Å². The molecule has 2 aromatic carbocycles. The van der Waals surface area contributed by atoms with Crippen molar-refractivity contribution < 1.29 is 24.1 Å². The van der Waals surface area contributed by atoms with Crippen molar-refractivity contribution in [3.63, 3.8) is 0 Å². The van der Waals surface area contributed by atoms with Crippen molar-refractivity contribution in [2.24, 2.45) is 0 Å². The van der Waals surface area contributed by atoms with Crippen LogP contribution in [0.15, 0.2) is 60.7 Å². The lowest BCUT2D eigenvalue weighted by molar-refractivity contribution is 0.264. The van der Waals surface area contributed by atoms with Crippen LogP contribution in [-0.4, -0.2) is 47.3 Å². The highest BCUT2D eigenvalue weighted by molar-refractivity contribution is 6.37. The van der Waals surface area contributed by atoms with E-state index >= 15 is 0 Å². The lowest BCUT2D eigenvalue weighted by atomic mass is 10.0. The number of nitrogens with zero attached hydrogens (tertiary/aromatic N) is 3. The zero-order chi connectivity index (χ0) is 29.5. The van der Waals surface area contributed by atoms with Crippen LogP contribution in [0.25, 0.3) is 11.1 Å². The second kappa shape index (κ2) is 14.1. The third-order valence-corrected chi connectivity index (χ3v) is 8.07. The molecule has 0 aliphatic carbocycles. The van der Waals surface area contributed by atoms with Crippen LogP contribution in [0.4, 0.5) is 0 Å². The average molecular weight is 611 g/mol. The molecule has 220 valence electrons. The summed E-state index contributed by atoms with van der Waals surface area (Å²) < 4.78 is 22.7. The molecule has 1 N–H and O–H groups in total. The number of hydrogen-bond donors (Lipinski definition) is 1. The molecular weight excluding hydrogens is 577 g/mol. The smallest absolute Gasteiger partial charge is 0.221 e. The molecular formula is C32H33Cl2N3O5. The molecule has 0 spiro atoms. The quantitative estimate of drug-likeness (QED) is 0.189. The van der Waals surface area contributed by atoms with Gasteiger partial charge in [0.2, 0.25) is 23.5 Å². The van der Waals surface area contributed by atoms with Gasteiger partial charge in [0.15, 0.2) is 0 Å². The second-order valence-electron chi connectivity index (χ2n) is 9.91. The Kier molecular flexibility index (Phi) is 10.0. The monoisotopic (exact) mass is 609 g/mol. The van der Waals surface area contributed by atoms with Crippen LogP contribution in [0.5, 0.6) is 23.5 Å². The topological polar surface area (TPSA) is 86.2 Å². The van der Waals surface area contributed by atoms with E-state index in [0.29, 0.717) is 39.1 Å². The fraction of sp³-hybridized carbons (Fsp3) is 0.312. The molecule has 1 fully saturated rings. The van der Waals surface area contributed by atoms with E-state index < -0.39 is 0 Å². The molecule has 2 aromatic heterocycles. The van der Waals surface area contributed by atoms with Crippen molar-refractivity contribution in [2.75, 3.05) is 27.3 Å². The third-order valence-electron chi connectivity index (χ3n) is 7.18. The van der Waals surface area contributed by atoms with Crippen LogP contribution in [0, 0.1) is 0 Å². The van der Waals surface area contributed by atoms with Gasteiger partial charge in [-0.3, -0.25) is 4.90 Å². The van der Waals surface area contributed by atoms with E-state index in [0.717, 1.165) is 47.5 Å². The summed E-state index contributed by atoms with van der Waals surface area (Å²) in [5.41, 5.74) is 4.74. The molecule has 5 rings (SSSR count). The van der Waals surface area contributed by atoms with E-state index in [-0.39, 0.29) is 19.8 Å². The third kappa shape index (κ3) is 6.90. The van der Waals surface area contributed by atoms with E-state index in [1.807, 2.05) is 48.5 Å². The standard InChI is InChI=1S/C32H33Cl2N3O5/c1-39-31-21(17-37-15-3-4-16-37)11-13-27(35-31)41-19-23-7-5-9-25(29(23)33)26-10-6-8-24(30(26)34)20-42-28-14-12-22(18-38)32(36-28)40-2/h5-14,38H,3-4,15-20H2,1-2H3. The number of likely N-dealkylation sites (tertiary alicyclic amines) is 1. The number of methoxy groups -OCH3 is 2. The van der Waals surface area contributed by atoms with E-state index in [1.165, 1.54) is 20.0 Å². The van der Waals surface area contributed by atoms with Gasteiger partial charge in [0.1, 0.15) is 13.2 Å². The number of halogens is 2. The Morgan fingerprint density at radius 1 is 0.690 bits per heavy atom. The summed E-state index contributed by atoms with van der Waals surface area (Å²) in [6, 6.07) is 18.7. The van der Waals surface area contributed by atoms with Crippen LogP contribution in [0.2, 0.25) is 10.0 Å². The first kappa shape index (κ1) is 29.9. The zero-order valence-corrected chi connectivity index (χ0v) is 25.1. The number of ether oxygens (including phenoxy) is 4. The molecule has 4 aromatic rings. The molecule has 10 heteroatoms. The maximum absolute atomic E-state index is 9.43. The van der Waals surface area contributed by atoms with Crippen molar-refractivity contribution in [3.05, 3.63) is 93.0 Å². The number of benzene rings is 2. The number of hydrogen-bond acceptors (Lipinski definition) is 8. The van der Waals surface area contributed by atoms with E-state index in [1.54, 1.807) is 19.2 Å². The Labute approximate surface area is 255 Å². The molecule has 0 unspecified atom stereocenters. The summed E-state index contributed by atoms with van der Waals surface area (Å²) in [6.45, 7) is 3.25. The van der Waals surface area contributed by atoms with Gasteiger partial charge in [0.25, 0.3) is 0 Å². The van der Waals surface area contributed by atoms with E-state index in [4.69, 9.17) is 42.1 Å². The summed E-state index contributed by atoms with van der Waals surface area (Å²) in [6.07, 6.45) is 2.46. The summed E-state index contributed by atoms with van der Waals surface area (Å²) in [4.78, 5) is 11.3. The predicted octanol–water partition coefficient (Wildman–Crippen LogP) is 6.71. The molecule has 42 heavy (non-hydrogen) atoms. The largest absolute Gasteiger partial charge is 0.481 e. The Bertz CT molecular complexity index is 1530. The Balaban J connectivity index is 1.29. The van der Waals surface area contributed by atoms with Crippen LogP contribution < -0.4 is 18.9 Å². The van der Waals surface area contributed by atoms with Gasteiger partial charge in [-0.2, -0.15) is 9.97 Å². The molecule has 8 nitrogen and oxygen atoms in total. The molecule has 1 saturated heterocycles. The minimum atomic E-state index is -0.176. The minimum Gasteiger partial charge on any atom is -0.481 e. The van der Waals surface area contributed by atoms with Crippen LogP contribution >= 0.6 is 23.2 Å². The normalized spacial score (nSPS) is 13.3. The van der Waals surface area contributed by atoms with Gasteiger partial charge in [-0.05, 0) is 38.1 Å². The second-order valence-corrected chi connectivity index (χ2v) is 10.7. The maximum Gasteiger partial charge on any atom is 0.221 e. The lowest BCUT2D eigenvalue weighted by Gasteiger charge is -2.17. The van der Waals surface area contributed by atoms with Crippen LogP contribution in [0.1, 0.15) is 35.1 Å². The molecule has 1 aliphatic heterocycles. The average Bonchev–Trinajstić information content (AvgIpc) is 3.54. The Morgan fingerprint density at radius 3 is 1.69 bits per heavy atom. The number of rotatable bonds is 12. The zero-order valence-electron chi connectivity index (χ0n) is 23.6. The molecule has 0 radical (unpaired) electrons. The summed E-state index contributed by atoms with van der Waals surface area (Å²) >= 11 is 13.7. The fourth-order valence-corrected chi connectivity index (χ4v) is 5.51. The van der Waals surface area contributed by atoms with Gasteiger partial charge in [0.05, 0.1) is 30.9 Å². The Morgan fingerprint density at radius 2 is 1.19 bits per heavy atom. The minimum absolute atomic E-state index is 0.176. The number of aliphatic hydroxyl groups is 1. The maximum atomic E-state index is 9.43. The van der Waals surface area contributed by atoms with Gasteiger partial charge in [-0.25, -0.2) is 0 Å². The number of aliphatic hydroxyl groups excluding tert-OH is 1. The molecule has 0 amide bonds. The molecule has 0 bridgehead atoms. The van der Waals surface area contributed by atoms with E-state index in [2.05, 4.69) is 14.9 Å². The highest BCUT2D eigenvalue weighted by Gasteiger charge is 2.17. The molecule has 0 atom stereocenters. The van der Waals surface area contributed by atoms with Crippen LogP contribution in [-0.2, 0) is 26.4 Å². The highest BCUT2D eigenvalue weighted by atomic mass is 35.5. The van der Waals surface area contributed by atoms with Gasteiger partial charge >= 0.3 is 0 Å². The summed E-state index contributed by atoms with van der Waals surface area (Å²) in [7, 11) is 3.12. The summed E-state index contributed by atoms with van der Waals surface area (Å²) in [5, 5.41) is 10.5. The van der Waals surface area contributed by atoms with Crippen molar-refractivity contribution in [1.29, 1.82) is 0 Å². The fourth-order valence-electron chi connectivity index (χ4n) is 4.94. The molecule has 0 saturated carbocycles. The molecule has 3 heterocycles. The van der Waals surface area contributed by atoms with Crippen molar-refractivity contribution in [1.82, 2.24) is 14.9 Å². The first-order valence-corrected chi connectivity index (χ1v) is 14.5. The first-order valence-electron chi connectivity index (χ1n) is 13.7. The van der Waals surface area contributed by atoms with Gasteiger partial charge in [-0.15, -0.1) is 0 Å². The molecule has 1 aliphatic rings. The lowest BCUT2D eigenvalue weighted by Crippen LogP contribution is -2.19. The number of pyridine rings is 2. The van der Waals surface area contributed by atoms with Gasteiger partial charge in [-0.1, -0.05) is 59.6 Å². The van der Waals surface area contributed by atoms with Gasteiger partial charge < -0.3 is 24.1 Å². The van der Waals surface area contributed by atoms with Crippen molar-refractivity contribution in [3.8, 4) is 34.6 Å². The number of aromatic nitrogens is 2.